The van der Waals surface area contributed by atoms with Crippen molar-refractivity contribution in [3.05, 3.63) is 49.1 Å². The molecule has 7 aromatic heterocycles. The van der Waals surface area contributed by atoms with Crippen molar-refractivity contribution in [2.45, 2.75) is 92.2 Å². The molecule has 55 heavy (non-hydrogen) atoms. The first-order valence-corrected chi connectivity index (χ1v) is 21.7. The number of unbranched alkanes of at least 4 members (excludes halogenated alkanes) is 2. The van der Waals surface area contributed by atoms with Crippen LogP contribution in [0, 0.1) is 11.8 Å². The number of aromatic nitrogens is 10. The summed E-state index contributed by atoms with van der Waals surface area (Å²) < 4.78 is 14.1. The van der Waals surface area contributed by atoms with E-state index in [4.69, 9.17) is 30.2 Å². The maximum atomic E-state index is 6.32. The topological polar surface area (TPSA) is 165 Å². The number of hydrogen-bond donors (Lipinski definition) is 2. The fourth-order valence-electron chi connectivity index (χ4n) is 7.45. The fraction of sp³-hybridized carbons (Fsp3) is 0.400. The van der Waals surface area contributed by atoms with Gasteiger partial charge in [0.2, 0.25) is 0 Å². The van der Waals surface area contributed by atoms with Crippen molar-refractivity contribution in [1.29, 1.82) is 0 Å². The van der Waals surface area contributed by atoms with Crippen molar-refractivity contribution in [2.24, 2.45) is 11.8 Å². The molecule has 2 atom stereocenters. The summed E-state index contributed by atoms with van der Waals surface area (Å²) in [6, 6.07) is 13.0. The number of rotatable bonds is 16. The van der Waals surface area contributed by atoms with E-state index in [0.717, 1.165) is 103 Å². The minimum atomic E-state index is 0.401. The molecule has 284 valence electrons. The lowest BCUT2D eigenvalue weighted by molar-refractivity contribution is 0.396. The standard InChI is InChI=1S/C40H46N12S3/c1-5-9-11-23(7-3)19-51-37(47-33-35(41)43-21-45-39(33)51)29-17-15-27(53-29)25-13-14-26(32-31(25)49-55-50-32)28-16-18-30(54-28)38-48-34-36(42)44-22-46-40(34)52(38)20-24(8-4)12-10-6-2/h13-18,21-24H,5-12,19-20H2,1-4H3,(H2,41,43,45)(H2,42,44,46). The van der Waals surface area contributed by atoms with Crippen molar-refractivity contribution in [3.8, 4) is 42.3 Å². The van der Waals surface area contributed by atoms with Crippen LogP contribution in [0.15, 0.2) is 49.1 Å². The van der Waals surface area contributed by atoms with E-state index in [1.807, 2.05) is 0 Å². The Balaban J connectivity index is 1.14. The second-order valence-corrected chi connectivity index (χ2v) is 16.9. The third-order valence-corrected chi connectivity index (χ3v) is 13.4. The van der Waals surface area contributed by atoms with E-state index in [2.05, 4.69) is 93.2 Å². The average Bonchev–Trinajstić information content (AvgIpc) is 4.05. The van der Waals surface area contributed by atoms with Gasteiger partial charge in [0.15, 0.2) is 45.6 Å². The van der Waals surface area contributed by atoms with Crippen LogP contribution in [0.25, 0.3) is 75.6 Å². The van der Waals surface area contributed by atoms with Crippen molar-refractivity contribution in [2.75, 3.05) is 11.5 Å². The van der Waals surface area contributed by atoms with Gasteiger partial charge in [0.25, 0.3) is 0 Å². The number of imidazole rings is 2. The minimum Gasteiger partial charge on any atom is -0.382 e. The van der Waals surface area contributed by atoms with Crippen LogP contribution in [-0.4, -0.2) is 47.8 Å². The Morgan fingerprint density at radius 1 is 0.564 bits per heavy atom. The quantitative estimate of drug-likeness (QED) is 0.0962. The predicted octanol–water partition coefficient (Wildman–Crippen LogP) is 10.4. The number of nitrogens with zero attached hydrogens (tertiary/aromatic N) is 10. The molecule has 0 aliphatic heterocycles. The molecule has 8 aromatic rings. The van der Waals surface area contributed by atoms with Gasteiger partial charge >= 0.3 is 0 Å². The lowest BCUT2D eigenvalue weighted by Gasteiger charge is -2.17. The molecule has 0 aliphatic rings. The molecular weight excluding hydrogens is 745 g/mol. The van der Waals surface area contributed by atoms with Gasteiger partial charge in [-0.1, -0.05) is 78.4 Å². The maximum absolute atomic E-state index is 6.32. The second kappa shape index (κ2) is 16.1. The molecular formula is C40H46N12S3. The van der Waals surface area contributed by atoms with Crippen LogP contribution in [0.4, 0.5) is 11.6 Å². The summed E-state index contributed by atoms with van der Waals surface area (Å²) in [6.45, 7) is 10.7. The molecule has 0 fully saturated rings. The lowest BCUT2D eigenvalue weighted by Crippen LogP contribution is -2.12. The van der Waals surface area contributed by atoms with Gasteiger partial charge < -0.3 is 20.6 Å². The number of fused-ring (bicyclic) bond motifs is 3. The van der Waals surface area contributed by atoms with E-state index in [1.165, 1.54) is 50.1 Å². The molecule has 2 unspecified atom stereocenters. The van der Waals surface area contributed by atoms with Crippen molar-refractivity contribution in [1.82, 2.24) is 47.8 Å². The predicted molar refractivity (Wildman–Crippen MR) is 228 cm³/mol. The highest BCUT2D eigenvalue weighted by Gasteiger charge is 2.24. The molecule has 4 N–H and O–H groups in total. The highest BCUT2D eigenvalue weighted by Crippen LogP contribution is 2.43. The summed E-state index contributed by atoms with van der Waals surface area (Å²) in [5, 5.41) is 0. The van der Waals surface area contributed by atoms with Crippen molar-refractivity contribution >= 4 is 79.4 Å². The van der Waals surface area contributed by atoms with Gasteiger partial charge in [-0.3, -0.25) is 0 Å². The van der Waals surface area contributed by atoms with Gasteiger partial charge in [-0.2, -0.15) is 8.75 Å². The molecule has 15 heteroatoms. The zero-order valence-electron chi connectivity index (χ0n) is 31.7. The summed E-state index contributed by atoms with van der Waals surface area (Å²) in [5.74, 6) is 3.58. The molecule has 7 heterocycles. The summed E-state index contributed by atoms with van der Waals surface area (Å²) in [7, 11) is 0. The molecule has 0 radical (unpaired) electrons. The van der Waals surface area contributed by atoms with Crippen molar-refractivity contribution in [3.63, 3.8) is 0 Å². The van der Waals surface area contributed by atoms with E-state index in [9.17, 15) is 0 Å². The minimum absolute atomic E-state index is 0.401. The summed E-state index contributed by atoms with van der Waals surface area (Å²) >= 11 is 4.64. The Kier molecular flexibility index (Phi) is 10.8. The first kappa shape index (κ1) is 37.1. The smallest absolute Gasteiger partial charge is 0.165 e. The third-order valence-electron chi connectivity index (χ3n) is 10.7. The summed E-state index contributed by atoms with van der Waals surface area (Å²) in [4.78, 5) is 32.1. The van der Waals surface area contributed by atoms with E-state index in [-0.39, 0.29) is 0 Å². The molecule has 0 aliphatic carbocycles. The fourth-order valence-corrected chi connectivity index (χ4v) is 10.1. The molecule has 0 saturated carbocycles. The Hall–Kier alpha value is -4.86. The van der Waals surface area contributed by atoms with Gasteiger partial charge in [0, 0.05) is 34.0 Å². The van der Waals surface area contributed by atoms with E-state index in [0.29, 0.717) is 34.5 Å². The molecule has 0 bridgehead atoms. The number of nitrogens with two attached hydrogens (primary N) is 2. The first-order chi connectivity index (χ1) is 26.9. The SMILES string of the molecule is CCCCC(CC)Cn1c(-c2ccc(-c3ccc(-c4ccc(-c5nc6c(N)ncnc6n5CC(CC)CCCC)s4)c4nsnc34)s2)nc2c(N)ncnc21. The highest BCUT2D eigenvalue weighted by atomic mass is 32.1. The maximum Gasteiger partial charge on any atom is 0.165 e. The van der Waals surface area contributed by atoms with Crippen LogP contribution in [0.2, 0.25) is 0 Å². The zero-order chi connectivity index (χ0) is 38.1. The van der Waals surface area contributed by atoms with Crippen LogP contribution in [-0.2, 0) is 13.1 Å². The van der Waals surface area contributed by atoms with Gasteiger partial charge in [0.05, 0.1) is 21.5 Å². The Morgan fingerprint density at radius 2 is 1.00 bits per heavy atom. The molecule has 0 saturated heterocycles. The van der Waals surface area contributed by atoms with Crippen LogP contribution in [0.3, 0.4) is 0 Å². The molecule has 12 nitrogen and oxygen atoms in total. The monoisotopic (exact) mass is 790 g/mol. The third kappa shape index (κ3) is 7.09. The van der Waals surface area contributed by atoms with Crippen LogP contribution in [0.1, 0.15) is 79.1 Å². The highest BCUT2D eigenvalue weighted by molar-refractivity contribution is 7.19. The van der Waals surface area contributed by atoms with Crippen LogP contribution < -0.4 is 11.5 Å². The number of nitrogen functional groups attached to an aromatic ring is 2. The molecule has 0 amide bonds. The van der Waals surface area contributed by atoms with E-state index < -0.39 is 0 Å². The largest absolute Gasteiger partial charge is 0.382 e. The molecule has 0 spiro atoms. The van der Waals surface area contributed by atoms with Gasteiger partial charge in [-0.25, -0.2) is 29.9 Å². The van der Waals surface area contributed by atoms with Gasteiger partial charge in [-0.15, -0.1) is 22.7 Å². The summed E-state index contributed by atoms with van der Waals surface area (Å²) in [6.07, 6.45) is 12.3. The van der Waals surface area contributed by atoms with Crippen LogP contribution in [0.5, 0.6) is 0 Å². The number of anilines is 2. The van der Waals surface area contributed by atoms with Gasteiger partial charge in [-0.05, 0) is 48.9 Å². The summed E-state index contributed by atoms with van der Waals surface area (Å²) in [5.41, 5.74) is 19.4. The number of benzene rings is 1. The van der Waals surface area contributed by atoms with Gasteiger partial charge in [0.1, 0.15) is 23.7 Å². The zero-order valence-corrected chi connectivity index (χ0v) is 34.1. The average molecular weight is 791 g/mol. The number of hydrogen-bond acceptors (Lipinski definition) is 13. The number of thiophene rings is 2. The second-order valence-electron chi connectivity index (χ2n) is 14.2. The molecule has 8 rings (SSSR count). The first-order valence-electron chi connectivity index (χ1n) is 19.3. The van der Waals surface area contributed by atoms with Crippen molar-refractivity contribution < 1.29 is 0 Å². The Bertz CT molecular complexity index is 2400. The van der Waals surface area contributed by atoms with E-state index in [1.54, 1.807) is 22.7 Å². The lowest BCUT2D eigenvalue weighted by atomic mass is 9.99. The van der Waals surface area contributed by atoms with E-state index >= 15 is 0 Å². The van der Waals surface area contributed by atoms with Crippen LogP contribution >= 0.6 is 34.4 Å². The normalized spacial score (nSPS) is 13.1. The molecule has 1 aromatic carbocycles. The Morgan fingerprint density at radius 3 is 1.42 bits per heavy atom. The Labute approximate surface area is 332 Å².